The summed E-state index contributed by atoms with van der Waals surface area (Å²) in [4.78, 5) is 23.5. The number of hydrogen-bond acceptors (Lipinski definition) is 5. The third kappa shape index (κ3) is 5.49. The molecule has 0 aliphatic rings. The highest BCUT2D eigenvalue weighted by atomic mass is 79.9. The van der Waals surface area contributed by atoms with Gasteiger partial charge in [0.15, 0.2) is 6.61 Å². The third-order valence-electron chi connectivity index (χ3n) is 3.17. The number of hydrogen-bond donors (Lipinski definition) is 1. The number of ether oxygens (including phenoxy) is 1. The van der Waals surface area contributed by atoms with E-state index in [2.05, 4.69) is 26.4 Å². The Kier molecular flexibility index (Phi) is 5.77. The fourth-order valence-electron chi connectivity index (χ4n) is 1.83. The number of amides is 1. The predicted molar refractivity (Wildman–Crippen MR) is 92.6 cm³/mol. The van der Waals surface area contributed by atoms with Gasteiger partial charge in [-0.05, 0) is 17.7 Å². The normalized spacial score (nSPS) is 11.2. The number of nitrogens with one attached hydrogen (secondary N) is 1. The Balaban J connectivity index is 1.79. The highest BCUT2D eigenvalue weighted by Gasteiger charge is 2.20. The van der Waals surface area contributed by atoms with E-state index in [-0.39, 0.29) is 24.3 Å². The predicted octanol–water partition coefficient (Wildman–Crippen LogP) is 3.46. The highest BCUT2D eigenvalue weighted by molar-refractivity contribution is 9.10. The van der Waals surface area contributed by atoms with Gasteiger partial charge in [-0.25, -0.2) is 0 Å². The molecule has 128 valence electrons. The van der Waals surface area contributed by atoms with Crippen LogP contribution in [0.25, 0.3) is 0 Å². The maximum Gasteiger partial charge on any atom is 0.310 e. The Hall–Kier alpha value is -2.15. The van der Waals surface area contributed by atoms with E-state index in [4.69, 9.17) is 9.26 Å². The van der Waals surface area contributed by atoms with Crippen LogP contribution in [-0.2, 0) is 26.2 Å². The number of esters is 1. The summed E-state index contributed by atoms with van der Waals surface area (Å²) >= 11 is 3.32. The van der Waals surface area contributed by atoms with Gasteiger partial charge < -0.3 is 9.26 Å². The smallest absolute Gasteiger partial charge is 0.310 e. The SMILES string of the molecule is CC(C)(C)c1cc(NC(=O)COC(=O)Cc2ccc(Br)cc2)on1. The molecule has 0 fully saturated rings. The van der Waals surface area contributed by atoms with E-state index in [1.165, 1.54) is 0 Å². The topological polar surface area (TPSA) is 81.4 Å². The van der Waals surface area contributed by atoms with Crippen LogP contribution in [0, 0.1) is 0 Å². The summed E-state index contributed by atoms with van der Waals surface area (Å²) in [5, 5.41) is 6.41. The number of halogens is 1. The van der Waals surface area contributed by atoms with Crippen molar-refractivity contribution in [3.05, 3.63) is 46.1 Å². The average molecular weight is 395 g/mol. The molecular weight excluding hydrogens is 376 g/mol. The van der Waals surface area contributed by atoms with Crippen LogP contribution >= 0.6 is 15.9 Å². The van der Waals surface area contributed by atoms with E-state index in [1.54, 1.807) is 6.07 Å². The van der Waals surface area contributed by atoms with E-state index >= 15 is 0 Å². The summed E-state index contributed by atoms with van der Waals surface area (Å²) in [5.41, 5.74) is 1.36. The van der Waals surface area contributed by atoms with Crippen LogP contribution in [0.2, 0.25) is 0 Å². The van der Waals surface area contributed by atoms with E-state index < -0.39 is 11.9 Å². The van der Waals surface area contributed by atoms with Crippen molar-refractivity contribution in [2.24, 2.45) is 0 Å². The molecule has 0 radical (unpaired) electrons. The molecular formula is C17H19BrN2O4. The lowest BCUT2D eigenvalue weighted by Gasteiger charge is -2.12. The summed E-state index contributed by atoms with van der Waals surface area (Å²) in [7, 11) is 0. The van der Waals surface area contributed by atoms with Gasteiger partial charge in [-0.2, -0.15) is 0 Å². The molecule has 0 spiro atoms. The Morgan fingerprint density at radius 3 is 2.50 bits per heavy atom. The maximum absolute atomic E-state index is 11.8. The van der Waals surface area contributed by atoms with Crippen molar-refractivity contribution in [3.63, 3.8) is 0 Å². The van der Waals surface area contributed by atoms with E-state index in [0.29, 0.717) is 0 Å². The molecule has 1 amide bonds. The largest absolute Gasteiger partial charge is 0.455 e. The van der Waals surface area contributed by atoms with Gasteiger partial charge >= 0.3 is 5.97 Å². The first kappa shape index (κ1) is 18.2. The highest BCUT2D eigenvalue weighted by Crippen LogP contribution is 2.23. The molecule has 1 N–H and O–H groups in total. The number of rotatable bonds is 5. The second-order valence-electron chi connectivity index (χ2n) is 6.34. The zero-order chi connectivity index (χ0) is 17.7. The first-order chi connectivity index (χ1) is 11.2. The van der Waals surface area contributed by atoms with Crippen LogP contribution in [0.4, 0.5) is 5.88 Å². The summed E-state index contributed by atoms with van der Waals surface area (Å²) in [6, 6.07) is 8.96. The van der Waals surface area contributed by atoms with Crippen LogP contribution < -0.4 is 5.32 Å². The number of carbonyl (C=O) groups excluding carboxylic acids is 2. The van der Waals surface area contributed by atoms with Crippen LogP contribution in [-0.4, -0.2) is 23.6 Å². The maximum atomic E-state index is 11.8. The van der Waals surface area contributed by atoms with Crippen molar-refractivity contribution in [1.29, 1.82) is 0 Å². The van der Waals surface area contributed by atoms with Gasteiger partial charge in [0.1, 0.15) is 0 Å². The minimum atomic E-state index is -0.476. The fraction of sp³-hybridized carbons (Fsp3) is 0.353. The summed E-state index contributed by atoms with van der Waals surface area (Å²) in [5.74, 6) is -0.718. The van der Waals surface area contributed by atoms with Crippen molar-refractivity contribution >= 4 is 33.7 Å². The van der Waals surface area contributed by atoms with Crippen LogP contribution in [0.15, 0.2) is 39.3 Å². The first-order valence-corrected chi connectivity index (χ1v) is 8.20. The van der Waals surface area contributed by atoms with Crippen molar-refractivity contribution in [1.82, 2.24) is 5.16 Å². The molecule has 7 heteroatoms. The molecule has 0 aliphatic carbocycles. The molecule has 0 saturated carbocycles. The molecule has 0 bridgehead atoms. The molecule has 0 saturated heterocycles. The van der Waals surface area contributed by atoms with Crippen LogP contribution in [0.1, 0.15) is 32.0 Å². The molecule has 0 atom stereocenters. The second kappa shape index (κ2) is 7.61. The molecule has 2 aromatic rings. The monoisotopic (exact) mass is 394 g/mol. The van der Waals surface area contributed by atoms with Gasteiger partial charge in [-0.15, -0.1) is 0 Å². The van der Waals surface area contributed by atoms with E-state index in [0.717, 1.165) is 15.7 Å². The number of nitrogens with zero attached hydrogens (tertiary/aromatic N) is 1. The Morgan fingerprint density at radius 2 is 1.92 bits per heavy atom. The number of aromatic nitrogens is 1. The van der Waals surface area contributed by atoms with Gasteiger partial charge in [0.05, 0.1) is 12.1 Å². The minimum absolute atomic E-state index is 0.108. The fourth-order valence-corrected chi connectivity index (χ4v) is 2.09. The number of anilines is 1. The van der Waals surface area contributed by atoms with Crippen molar-refractivity contribution in [2.75, 3.05) is 11.9 Å². The van der Waals surface area contributed by atoms with Gasteiger partial charge in [-0.1, -0.05) is 54.0 Å². The van der Waals surface area contributed by atoms with Gasteiger partial charge in [-0.3, -0.25) is 14.9 Å². The Morgan fingerprint density at radius 1 is 1.25 bits per heavy atom. The molecule has 1 heterocycles. The molecule has 2 rings (SSSR count). The lowest BCUT2D eigenvalue weighted by Crippen LogP contribution is -2.21. The number of benzene rings is 1. The van der Waals surface area contributed by atoms with Crippen molar-refractivity contribution in [2.45, 2.75) is 32.6 Å². The zero-order valence-corrected chi connectivity index (χ0v) is 15.3. The molecule has 0 unspecified atom stereocenters. The quantitative estimate of drug-likeness (QED) is 0.785. The van der Waals surface area contributed by atoms with Gasteiger partial charge in [0, 0.05) is 16.0 Å². The molecule has 0 aliphatic heterocycles. The Bertz CT molecular complexity index is 717. The second-order valence-corrected chi connectivity index (χ2v) is 7.25. The van der Waals surface area contributed by atoms with Crippen molar-refractivity contribution in [3.8, 4) is 0 Å². The van der Waals surface area contributed by atoms with Crippen LogP contribution in [0.3, 0.4) is 0 Å². The summed E-state index contributed by atoms with van der Waals surface area (Å²) < 4.78 is 10.9. The summed E-state index contributed by atoms with van der Waals surface area (Å²) in [6.45, 7) is 5.59. The molecule has 1 aromatic carbocycles. The summed E-state index contributed by atoms with van der Waals surface area (Å²) in [6.07, 6.45) is 0.108. The van der Waals surface area contributed by atoms with Gasteiger partial charge in [0.25, 0.3) is 5.91 Å². The van der Waals surface area contributed by atoms with Crippen LogP contribution in [0.5, 0.6) is 0 Å². The molecule has 24 heavy (non-hydrogen) atoms. The average Bonchev–Trinajstić information content (AvgIpc) is 2.96. The first-order valence-electron chi connectivity index (χ1n) is 7.41. The minimum Gasteiger partial charge on any atom is -0.455 e. The zero-order valence-electron chi connectivity index (χ0n) is 13.8. The third-order valence-corrected chi connectivity index (χ3v) is 3.70. The lowest BCUT2D eigenvalue weighted by molar-refractivity contribution is -0.146. The standard InChI is InChI=1S/C17H19BrN2O4/c1-17(2,3)13-9-15(24-20-13)19-14(21)10-23-16(22)8-11-4-6-12(18)7-5-11/h4-7,9H,8,10H2,1-3H3,(H,19,21). The van der Waals surface area contributed by atoms with E-state index in [9.17, 15) is 9.59 Å². The Labute approximate surface area is 148 Å². The lowest BCUT2D eigenvalue weighted by atomic mass is 9.92. The van der Waals surface area contributed by atoms with Crippen molar-refractivity contribution < 1.29 is 18.8 Å². The molecule has 6 nitrogen and oxygen atoms in total. The van der Waals surface area contributed by atoms with E-state index in [1.807, 2.05) is 45.0 Å². The van der Waals surface area contributed by atoms with Gasteiger partial charge in [0.2, 0.25) is 5.88 Å². The molecule has 1 aromatic heterocycles. The number of carbonyl (C=O) groups is 2.